The van der Waals surface area contributed by atoms with E-state index in [0.29, 0.717) is 0 Å². The molecule has 2 nitrogen and oxygen atoms in total. The fourth-order valence-corrected chi connectivity index (χ4v) is 3.39. The van der Waals surface area contributed by atoms with Crippen LogP contribution in [0.5, 0.6) is 0 Å². The van der Waals surface area contributed by atoms with Gasteiger partial charge in [-0.1, -0.05) is 13.0 Å². The van der Waals surface area contributed by atoms with Crippen LogP contribution in [0.3, 0.4) is 0 Å². The lowest BCUT2D eigenvalue weighted by Gasteiger charge is -2.20. The zero-order chi connectivity index (χ0) is 14.7. The van der Waals surface area contributed by atoms with Gasteiger partial charge in [-0.15, -0.1) is 11.3 Å². The number of benzene rings is 1. The van der Waals surface area contributed by atoms with E-state index in [2.05, 4.69) is 17.2 Å². The van der Waals surface area contributed by atoms with Gasteiger partial charge in [0.15, 0.2) is 0 Å². The zero-order valence-corrected chi connectivity index (χ0v) is 13.3. The van der Waals surface area contributed by atoms with Gasteiger partial charge in [-0.3, -0.25) is 0 Å². The van der Waals surface area contributed by atoms with E-state index in [4.69, 9.17) is 0 Å². The average molecular weight is 292 g/mol. The normalized spacial score (nSPS) is 12.7. The van der Waals surface area contributed by atoms with Crippen LogP contribution >= 0.6 is 11.3 Å². The van der Waals surface area contributed by atoms with Crippen molar-refractivity contribution in [1.82, 2.24) is 10.3 Å². The quantitative estimate of drug-likeness (QED) is 0.889. The summed E-state index contributed by atoms with van der Waals surface area (Å²) >= 11 is 1.69. The highest BCUT2D eigenvalue weighted by Gasteiger charge is 2.21. The number of halogens is 1. The Morgan fingerprint density at radius 2 is 2.05 bits per heavy atom. The Labute approximate surface area is 124 Å². The van der Waals surface area contributed by atoms with Gasteiger partial charge in [-0.25, -0.2) is 9.37 Å². The van der Waals surface area contributed by atoms with Crippen molar-refractivity contribution < 1.29 is 4.39 Å². The molecule has 0 saturated heterocycles. The van der Waals surface area contributed by atoms with E-state index in [-0.39, 0.29) is 11.9 Å². The summed E-state index contributed by atoms with van der Waals surface area (Å²) in [4.78, 5) is 5.69. The molecule has 1 unspecified atom stereocenters. The van der Waals surface area contributed by atoms with Gasteiger partial charge in [0.25, 0.3) is 0 Å². The van der Waals surface area contributed by atoms with Crippen molar-refractivity contribution in [2.24, 2.45) is 0 Å². The van der Waals surface area contributed by atoms with Crippen LogP contribution in [0.4, 0.5) is 4.39 Å². The molecule has 0 aliphatic heterocycles. The standard InChI is InChI=1S/C16H21FN2S/c1-5-8-18-15(16-11(3)19-12(4)20-16)14-9-13(17)7-6-10(14)2/h6-7,9,15,18H,5,8H2,1-4H3. The van der Waals surface area contributed by atoms with Gasteiger partial charge in [-0.05, 0) is 57.0 Å². The number of hydrogen-bond acceptors (Lipinski definition) is 3. The first-order valence-electron chi connectivity index (χ1n) is 6.96. The van der Waals surface area contributed by atoms with Gasteiger partial charge in [0.1, 0.15) is 5.82 Å². The molecule has 1 N–H and O–H groups in total. The Balaban J connectivity index is 2.46. The minimum Gasteiger partial charge on any atom is -0.306 e. The molecule has 1 aromatic heterocycles. The van der Waals surface area contributed by atoms with Crippen LogP contribution in [0.2, 0.25) is 0 Å². The first-order valence-corrected chi connectivity index (χ1v) is 7.78. The summed E-state index contributed by atoms with van der Waals surface area (Å²) < 4.78 is 13.6. The number of nitrogens with zero attached hydrogens (tertiary/aromatic N) is 1. The van der Waals surface area contributed by atoms with E-state index in [9.17, 15) is 4.39 Å². The lowest BCUT2D eigenvalue weighted by Crippen LogP contribution is -2.24. The number of nitrogens with one attached hydrogen (secondary N) is 1. The van der Waals surface area contributed by atoms with Crippen LogP contribution < -0.4 is 5.32 Å². The Morgan fingerprint density at radius 3 is 2.65 bits per heavy atom. The van der Waals surface area contributed by atoms with Gasteiger partial charge in [-0.2, -0.15) is 0 Å². The molecule has 20 heavy (non-hydrogen) atoms. The molecule has 1 heterocycles. The number of hydrogen-bond donors (Lipinski definition) is 1. The third-order valence-electron chi connectivity index (χ3n) is 3.35. The van der Waals surface area contributed by atoms with E-state index < -0.39 is 0 Å². The molecule has 0 aliphatic carbocycles. The average Bonchev–Trinajstić information content (AvgIpc) is 2.73. The number of thiazole rings is 1. The fourth-order valence-electron chi connectivity index (χ4n) is 2.37. The maximum absolute atomic E-state index is 13.6. The minimum atomic E-state index is -0.187. The largest absolute Gasteiger partial charge is 0.306 e. The van der Waals surface area contributed by atoms with Crippen LogP contribution in [0.25, 0.3) is 0 Å². The monoisotopic (exact) mass is 292 g/mol. The van der Waals surface area contributed by atoms with Gasteiger partial charge in [0.05, 0.1) is 16.7 Å². The van der Waals surface area contributed by atoms with Crippen molar-refractivity contribution in [2.45, 2.75) is 40.2 Å². The summed E-state index contributed by atoms with van der Waals surface area (Å²) in [7, 11) is 0. The molecule has 0 spiro atoms. The molecular weight excluding hydrogens is 271 g/mol. The summed E-state index contributed by atoms with van der Waals surface area (Å²) in [5.74, 6) is -0.187. The second-order valence-corrected chi connectivity index (χ2v) is 6.31. The van der Waals surface area contributed by atoms with Crippen LogP contribution in [0.15, 0.2) is 18.2 Å². The Bertz CT molecular complexity index is 592. The number of aromatic nitrogens is 1. The minimum absolute atomic E-state index is 0.0249. The number of rotatable bonds is 5. The summed E-state index contributed by atoms with van der Waals surface area (Å²) in [6.45, 7) is 9.09. The van der Waals surface area contributed by atoms with Crippen molar-refractivity contribution in [1.29, 1.82) is 0 Å². The second kappa shape index (κ2) is 6.46. The third kappa shape index (κ3) is 3.25. The first kappa shape index (κ1) is 15.1. The first-order chi connectivity index (χ1) is 9.52. The third-order valence-corrected chi connectivity index (χ3v) is 4.49. The zero-order valence-electron chi connectivity index (χ0n) is 12.5. The second-order valence-electron chi connectivity index (χ2n) is 5.07. The molecule has 0 fully saturated rings. The van der Waals surface area contributed by atoms with Crippen LogP contribution in [0, 0.1) is 26.6 Å². The van der Waals surface area contributed by atoms with Crippen LogP contribution in [-0.4, -0.2) is 11.5 Å². The molecular formula is C16H21FN2S. The van der Waals surface area contributed by atoms with Crippen molar-refractivity contribution >= 4 is 11.3 Å². The topological polar surface area (TPSA) is 24.9 Å². The summed E-state index contributed by atoms with van der Waals surface area (Å²) in [6, 6.07) is 5.02. The lowest BCUT2D eigenvalue weighted by molar-refractivity contribution is 0.586. The van der Waals surface area contributed by atoms with Crippen molar-refractivity contribution in [3.8, 4) is 0 Å². The highest BCUT2D eigenvalue weighted by molar-refractivity contribution is 7.11. The molecule has 108 valence electrons. The molecule has 0 amide bonds. The van der Waals surface area contributed by atoms with Crippen molar-refractivity contribution in [3.05, 3.63) is 50.7 Å². The molecule has 0 bridgehead atoms. The predicted octanol–water partition coefficient (Wildman–Crippen LogP) is 4.30. The highest BCUT2D eigenvalue weighted by Crippen LogP contribution is 2.32. The van der Waals surface area contributed by atoms with Gasteiger partial charge >= 0.3 is 0 Å². The maximum atomic E-state index is 13.6. The van der Waals surface area contributed by atoms with E-state index >= 15 is 0 Å². The molecule has 1 aromatic carbocycles. The molecule has 0 aliphatic rings. The van der Waals surface area contributed by atoms with Gasteiger partial charge in [0.2, 0.25) is 0 Å². The maximum Gasteiger partial charge on any atom is 0.123 e. The summed E-state index contributed by atoms with van der Waals surface area (Å²) in [5.41, 5.74) is 3.14. The molecule has 4 heteroatoms. The van der Waals surface area contributed by atoms with E-state index in [1.54, 1.807) is 17.4 Å². The Kier molecular flexibility index (Phi) is 4.89. The lowest BCUT2D eigenvalue weighted by atomic mass is 9.99. The summed E-state index contributed by atoms with van der Waals surface area (Å²) in [5, 5.41) is 4.58. The Hall–Kier alpha value is -1.26. The molecule has 0 saturated carbocycles. The van der Waals surface area contributed by atoms with E-state index in [0.717, 1.165) is 34.8 Å². The SMILES string of the molecule is CCCNC(c1cc(F)ccc1C)c1sc(C)nc1C. The smallest absolute Gasteiger partial charge is 0.123 e. The van der Waals surface area contributed by atoms with E-state index in [1.807, 2.05) is 26.8 Å². The van der Waals surface area contributed by atoms with E-state index in [1.165, 1.54) is 10.9 Å². The summed E-state index contributed by atoms with van der Waals surface area (Å²) in [6.07, 6.45) is 1.04. The molecule has 1 atom stereocenters. The van der Waals surface area contributed by atoms with Gasteiger partial charge in [0, 0.05) is 4.88 Å². The van der Waals surface area contributed by atoms with Crippen molar-refractivity contribution in [2.75, 3.05) is 6.54 Å². The van der Waals surface area contributed by atoms with Gasteiger partial charge < -0.3 is 5.32 Å². The molecule has 2 rings (SSSR count). The fraction of sp³-hybridized carbons (Fsp3) is 0.438. The Morgan fingerprint density at radius 1 is 1.30 bits per heavy atom. The van der Waals surface area contributed by atoms with Crippen LogP contribution in [-0.2, 0) is 0 Å². The molecule has 2 aromatic rings. The van der Waals surface area contributed by atoms with Crippen LogP contribution in [0.1, 0.15) is 46.1 Å². The predicted molar refractivity (Wildman–Crippen MR) is 82.9 cm³/mol. The van der Waals surface area contributed by atoms with Crippen molar-refractivity contribution in [3.63, 3.8) is 0 Å². The number of aryl methyl sites for hydroxylation is 3. The molecule has 0 radical (unpaired) electrons. The highest BCUT2D eigenvalue weighted by atomic mass is 32.1.